The predicted molar refractivity (Wildman–Crippen MR) is 79.0 cm³/mol. The highest BCUT2D eigenvalue weighted by Crippen LogP contribution is 2.29. The Balaban J connectivity index is 2.73. The van der Waals surface area contributed by atoms with Crippen molar-refractivity contribution < 1.29 is 9.59 Å². The molecule has 1 aromatic carbocycles. The first kappa shape index (κ1) is 14.1. The van der Waals surface area contributed by atoms with Crippen LogP contribution in [-0.4, -0.2) is 35.7 Å². The third-order valence-electron chi connectivity index (χ3n) is 3.22. The van der Waals surface area contributed by atoms with Gasteiger partial charge in [0.1, 0.15) is 0 Å². The molecule has 0 spiro atoms. The molecule has 0 saturated carbocycles. The molecular formula is C16H18N2O2. The van der Waals surface area contributed by atoms with Crippen molar-refractivity contribution in [3.8, 4) is 11.3 Å². The van der Waals surface area contributed by atoms with Crippen LogP contribution in [0.25, 0.3) is 11.3 Å². The van der Waals surface area contributed by atoms with Gasteiger partial charge >= 0.3 is 0 Å². The number of nitrogens with zero attached hydrogens (tertiary/aromatic N) is 1. The number of aromatic nitrogens is 1. The van der Waals surface area contributed by atoms with Crippen LogP contribution in [0.15, 0.2) is 30.3 Å². The van der Waals surface area contributed by atoms with Crippen LogP contribution in [0.3, 0.4) is 0 Å². The zero-order chi connectivity index (χ0) is 14.9. The van der Waals surface area contributed by atoms with Crippen molar-refractivity contribution >= 4 is 11.7 Å². The van der Waals surface area contributed by atoms with E-state index in [1.54, 1.807) is 14.1 Å². The average molecular weight is 270 g/mol. The summed E-state index contributed by atoms with van der Waals surface area (Å²) in [6.07, 6.45) is 0. The number of hydrogen-bond acceptors (Lipinski definition) is 2. The molecule has 0 aliphatic rings. The van der Waals surface area contributed by atoms with Gasteiger partial charge in [-0.05, 0) is 19.4 Å². The second-order valence-corrected chi connectivity index (χ2v) is 5.00. The minimum absolute atomic E-state index is 0.105. The number of ketones is 1. The van der Waals surface area contributed by atoms with Crippen LogP contribution < -0.4 is 0 Å². The average Bonchev–Trinajstić information content (AvgIpc) is 2.76. The first-order valence-corrected chi connectivity index (χ1v) is 6.44. The summed E-state index contributed by atoms with van der Waals surface area (Å²) in [6.45, 7) is 3.30. The van der Waals surface area contributed by atoms with Gasteiger partial charge in [-0.15, -0.1) is 0 Å². The molecule has 1 heterocycles. The molecule has 0 fully saturated rings. The molecule has 20 heavy (non-hydrogen) atoms. The third-order valence-corrected chi connectivity index (χ3v) is 3.22. The van der Waals surface area contributed by atoms with Gasteiger partial charge in [0.25, 0.3) is 5.91 Å². The number of benzene rings is 1. The minimum Gasteiger partial charge on any atom is -0.357 e. The van der Waals surface area contributed by atoms with E-state index >= 15 is 0 Å². The Kier molecular flexibility index (Phi) is 3.74. The fraction of sp³-hybridized carbons (Fsp3) is 0.250. The van der Waals surface area contributed by atoms with Crippen molar-refractivity contribution in [3.63, 3.8) is 0 Å². The molecule has 1 aromatic heterocycles. The first-order valence-electron chi connectivity index (χ1n) is 6.44. The number of aryl methyl sites for hydroxylation is 1. The molecule has 0 bridgehead atoms. The van der Waals surface area contributed by atoms with E-state index in [2.05, 4.69) is 4.98 Å². The number of carbonyl (C=O) groups excluding carboxylic acids is 2. The van der Waals surface area contributed by atoms with Gasteiger partial charge in [-0.3, -0.25) is 9.59 Å². The summed E-state index contributed by atoms with van der Waals surface area (Å²) in [5.41, 5.74) is 3.25. The number of amides is 1. The third kappa shape index (κ3) is 2.37. The van der Waals surface area contributed by atoms with E-state index in [9.17, 15) is 9.59 Å². The highest BCUT2D eigenvalue weighted by Gasteiger charge is 2.25. The van der Waals surface area contributed by atoms with E-state index in [0.717, 1.165) is 11.3 Å². The quantitative estimate of drug-likeness (QED) is 0.872. The highest BCUT2D eigenvalue weighted by atomic mass is 16.2. The lowest BCUT2D eigenvalue weighted by atomic mass is 10.0. The molecule has 2 aromatic rings. The zero-order valence-electron chi connectivity index (χ0n) is 12.2. The van der Waals surface area contributed by atoms with Crippen molar-refractivity contribution in [1.82, 2.24) is 9.88 Å². The van der Waals surface area contributed by atoms with Gasteiger partial charge in [0.2, 0.25) is 0 Å². The predicted octanol–water partition coefficient (Wildman–Crippen LogP) is 2.89. The molecular weight excluding hydrogens is 252 g/mol. The molecule has 0 aliphatic carbocycles. The van der Waals surface area contributed by atoms with Gasteiger partial charge in [-0.2, -0.15) is 0 Å². The van der Waals surface area contributed by atoms with Crippen molar-refractivity contribution in [2.45, 2.75) is 13.8 Å². The fourth-order valence-corrected chi connectivity index (χ4v) is 2.32. The highest BCUT2D eigenvalue weighted by molar-refractivity contribution is 6.11. The SMILES string of the molecule is CC(=O)c1c(C)[nH]c(-c2ccccc2)c1C(=O)N(C)C. The van der Waals surface area contributed by atoms with Crippen LogP contribution in [0, 0.1) is 6.92 Å². The van der Waals surface area contributed by atoms with Gasteiger partial charge in [-0.25, -0.2) is 0 Å². The maximum absolute atomic E-state index is 12.4. The van der Waals surface area contributed by atoms with E-state index < -0.39 is 0 Å². The molecule has 4 heteroatoms. The molecule has 0 atom stereocenters. The summed E-state index contributed by atoms with van der Waals surface area (Å²) in [7, 11) is 3.37. The van der Waals surface area contributed by atoms with E-state index in [0.29, 0.717) is 16.8 Å². The standard InChI is InChI=1S/C16H18N2O2/c1-10-13(11(2)19)14(16(20)18(3)4)15(17-10)12-8-6-5-7-9-12/h5-9,17H,1-4H3. The summed E-state index contributed by atoms with van der Waals surface area (Å²) in [4.78, 5) is 29.0. The monoisotopic (exact) mass is 270 g/mol. The van der Waals surface area contributed by atoms with E-state index in [1.165, 1.54) is 11.8 Å². The van der Waals surface area contributed by atoms with Crippen molar-refractivity contribution in [1.29, 1.82) is 0 Å². The number of H-pyrrole nitrogens is 1. The van der Waals surface area contributed by atoms with Gasteiger partial charge in [0, 0.05) is 19.8 Å². The Morgan fingerprint density at radius 2 is 1.65 bits per heavy atom. The Hall–Kier alpha value is -2.36. The lowest BCUT2D eigenvalue weighted by Crippen LogP contribution is -2.23. The Bertz CT molecular complexity index is 655. The molecule has 0 radical (unpaired) electrons. The van der Waals surface area contributed by atoms with Crippen molar-refractivity contribution in [3.05, 3.63) is 47.2 Å². The van der Waals surface area contributed by atoms with E-state index in [-0.39, 0.29) is 11.7 Å². The lowest BCUT2D eigenvalue weighted by molar-refractivity contribution is 0.0822. The number of nitrogens with one attached hydrogen (secondary N) is 1. The van der Waals surface area contributed by atoms with Gasteiger partial charge < -0.3 is 9.88 Å². The smallest absolute Gasteiger partial charge is 0.256 e. The molecule has 2 rings (SSSR count). The van der Waals surface area contributed by atoms with Gasteiger partial charge in [-0.1, -0.05) is 30.3 Å². The normalized spacial score (nSPS) is 10.4. The molecule has 4 nitrogen and oxygen atoms in total. The van der Waals surface area contributed by atoms with Crippen LogP contribution in [0.4, 0.5) is 0 Å². The summed E-state index contributed by atoms with van der Waals surface area (Å²) < 4.78 is 0. The molecule has 0 aliphatic heterocycles. The topological polar surface area (TPSA) is 53.2 Å². The van der Waals surface area contributed by atoms with Crippen LogP contribution >= 0.6 is 0 Å². The van der Waals surface area contributed by atoms with Gasteiger partial charge in [0.15, 0.2) is 5.78 Å². The van der Waals surface area contributed by atoms with E-state index in [4.69, 9.17) is 0 Å². The van der Waals surface area contributed by atoms with Crippen LogP contribution in [-0.2, 0) is 0 Å². The summed E-state index contributed by atoms with van der Waals surface area (Å²) >= 11 is 0. The number of Topliss-reactive ketones (excluding diaryl/α,β-unsaturated/α-hetero) is 1. The Morgan fingerprint density at radius 1 is 1.05 bits per heavy atom. The largest absolute Gasteiger partial charge is 0.357 e. The van der Waals surface area contributed by atoms with Crippen LogP contribution in [0.1, 0.15) is 33.3 Å². The molecule has 104 valence electrons. The van der Waals surface area contributed by atoms with Gasteiger partial charge in [0.05, 0.1) is 16.8 Å². The van der Waals surface area contributed by atoms with Crippen LogP contribution in [0.5, 0.6) is 0 Å². The summed E-state index contributed by atoms with van der Waals surface area (Å²) in [5.74, 6) is -0.274. The number of hydrogen-bond donors (Lipinski definition) is 1. The Morgan fingerprint density at radius 3 is 2.15 bits per heavy atom. The summed E-state index contributed by atoms with van der Waals surface area (Å²) in [5, 5.41) is 0. The minimum atomic E-state index is -0.168. The molecule has 0 unspecified atom stereocenters. The lowest BCUT2D eigenvalue weighted by Gasteiger charge is -2.12. The number of rotatable bonds is 3. The van der Waals surface area contributed by atoms with Crippen molar-refractivity contribution in [2.75, 3.05) is 14.1 Å². The Labute approximate surface area is 118 Å². The second kappa shape index (κ2) is 5.33. The molecule has 1 N–H and O–H groups in total. The molecule has 1 amide bonds. The molecule has 0 saturated heterocycles. The van der Waals surface area contributed by atoms with E-state index in [1.807, 2.05) is 37.3 Å². The van der Waals surface area contributed by atoms with Crippen molar-refractivity contribution in [2.24, 2.45) is 0 Å². The number of aromatic amines is 1. The maximum Gasteiger partial charge on any atom is 0.256 e. The van der Waals surface area contributed by atoms with Crippen LogP contribution in [0.2, 0.25) is 0 Å². The number of carbonyl (C=O) groups is 2. The fourth-order valence-electron chi connectivity index (χ4n) is 2.32. The second-order valence-electron chi connectivity index (χ2n) is 5.00. The first-order chi connectivity index (χ1) is 9.43. The maximum atomic E-state index is 12.4. The zero-order valence-corrected chi connectivity index (χ0v) is 12.2. The summed E-state index contributed by atoms with van der Waals surface area (Å²) in [6, 6.07) is 9.56.